The predicted molar refractivity (Wildman–Crippen MR) is 70.5 cm³/mol. The van der Waals surface area contributed by atoms with E-state index in [0.29, 0.717) is 19.1 Å². The molecule has 0 saturated heterocycles. The van der Waals surface area contributed by atoms with Crippen molar-refractivity contribution in [2.45, 2.75) is 20.8 Å². The van der Waals surface area contributed by atoms with E-state index in [1.807, 2.05) is 13.8 Å². The molecule has 7 heteroatoms. The van der Waals surface area contributed by atoms with Crippen LogP contribution in [0.3, 0.4) is 0 Å². The Hall–Kier alpha value is -1.63. The maximum absolute atomic E-state index is 11.5. The number of nitrogens with one attached hydrogen (secondary N) is 2. The Balaban J connectivity index is 3.90. The van der Waals surface area contributed by atoms with Crippen LogP contribution in [-0.4, -0.2) is 56.1 Å². The summed E-state index contributed by atoms with van der Waals surface area (Å²) in [5.74, 6) is -0.553. The minimum atomic E-state index is -0.525. The normalized spacial score (nSPS) is 10.4. The first-order chi connectivity index (χ1) is 8.85. The maximum Gasteiger partial charge on any atom is 0.321 e. The summed E-state index contributed by atoms with van der Waals surface area (Å²) in [7, 11) is 1.60. The van der Waals surface area contributed by atoms with Gasteiger partial charge in [0.15, 0.2) is 0 Å². The van der Waals surface area contributed by atoms with Gasteiger partial charge in [0, 0.05) is 6.54 Å². The van der Waals surface area contributed by atoms with E-state index in [-0.39, 0.29) is 13.1 Å². The monoisotopic (exact) mass is 273 g/mol. The Morgan fingerprint density at radius 2 is 1.84 bits per heavy atom. The Kier molecular flexibility index (Phi) is 8.52. The Labute approximate surface area is 113 Å². The third-order valence-corrected chi connectivity index (χ3v) is 2.04. The van der Waals surface area contributed by atoms with E-state index in [1.165, 1.54) is 4.90 Å². The highest BCUT2D eigenvalue weighted by atomic mass is 16.5. The molecule has 19 heavy (non-hydrogen) atoms. The summed E-state index contributed by atoms with van der Waals surface area (Å²) < 4.78 is 4.75. The molecule has 0 aromatic heterocycles. The van der Waals surface area contributed by atoms with Crippen molar-refractivity contribution >= 4 is 17.9 Å². The minimum absolute atomic E-state index is 0.00880. The quantitative estimate of drug-likeness (QED) is 0.636. The molecule has 0 unspecified atom stereocenters. The molecule has 0 aliphatic carbocycles. The van der Waals surface area contributed by atoms with Crippen LogP contribution in [0.4, 0.5) is 4.79 Å². The van der Waals surface area contributed by atoms with Crippen molar-refractivity contribution in [3.05, 3.63) is 0 Å². The molecule has 0 fully saturated rings. The lowest BCUT2D eigenvalue weighted by molar-refractivity contribution is -0.144. The Morgan fingerprint density at radius 3 is 2.37 bits per heavy atom. The Bertz CT molecular complexity index is 318. The summed E-state index contributed by atoms with van der Waals surface area (Å²) in [6.07, 6.45) is 0. The molecule has 0 heterocycles. The van der Waals surface area contributed by atoms with Crippen LogP contribution in [0.1, 0.15) is 20.8 Å². The van der Waals surface area contributed by atoms with E-state index in [0.717, 1.165) is 0 Å². The minimum Gasteiger partial charge on any atom is -0.465 e. The molecule has 0 aromatic carbocycles. The van der Waals surface area contributed by atoms with Crippen LogP contribution in [0.15, 0.2) is 0 Å². The maximum atomic E-state index is 11.5. The highest BCUT2D eigenvalue weighted by molar-refractivity contribution is 5.95. The fourth-order valence-electron chi connectivity index (χ4n) is 1.24. The molecule has 0 rings (SSSR count). The van der Waals surface area contributed by atoms with Gasteiger partial charge in [0.05, 0.1) is 19.7 Å². The van der Waals surface area contributed by atoms with Gasteiger partial charge in [0.1, 0.15) is 0 Å². The third kappa shape index (κ3) is 10.0. The number of hydrogen-bond donors (Lipinski definition) is 2. The molecule has 0 aliphatic rings. The predicted octanol–water partition coefficient (Wildman–Crippen LogP) is -0.0369. The van der Waals surface area contributed by atoms with Gasteiger partial charge in [-0.05, 0) is 19.9 Å². The molecule has 110 valence electrons. The number of nitrogens with zero attached hydrogens (tertiary/aromatic N) is 1. The first-order valence-electron chi connectivity index (χ1n) is 6.27. The van der Waals surface area contributed by atoms with Gasteiger partial charge in [-0.2, -0.15) is 0 Å². The lowest BCUT2D eigenvalue weighted by atomic mass is 10.2. The summed E-state index contributed by atoms with van der Waals surface area (Å²) in [6.45, 7) is 6.38. The number of carbonyl (C=O) groups is 3. The van der Waals surface area contributed by atoms with Gasteiger partial charge >= 0.3 is 12.0 Å². The van der Waals surface area contributed by atoms with Gasteiger partial charge in [0.25, 0.3) is 0 Å². The second kappa shape index (κ2) is 9.32. The van der Waals surface area contributed by atoms with E-state index in [4.69, 9.17) is 4.74 Å². The molecule has 0 bridgehead atoms. The van der Waals surface area contributed by atoms with Crippen molar-refractivity contribution in [1.82, 2.24) is 15.5 Å². The molecule has 0 atom stereocenters. The SMILES string of the molecule is CCOC(=O)CN(C)CC(=O)NC(=O)NCC(C)C. The molecular weight excluding hydrogens is 250 g/mol. The number of hydrogen-bond acceptors (Lipinski definition) is 5. The van der Waals surface area contributed by atoms with Crippen molar-refractivity contribution in [2.24, 2.45) is 5.92 Å². The van der Waals surface area contributed by atoms with Crippen molar-refractivity contribution in [1.29, 1.82) is 0 Å². The van der Waals surface area contributed by atoms with Gasteiger partial charge in [0.2, 0.25) is 5.91 Å². The summed E-state index contributed by atoms with van der Waals surface area (Å²) in [5, 5.41) is 4.75. The van der Waals surface area contributed by atoms with Crippen LogP contribution in [0, 0.1) is 5.92 Å². The number of imide groups is 1. The van der Waals surface area contributed by atoms with Gasteiger partial charge in [-0.15, -0.1) is 0 Å². The van der Waals surface area contributed by atoms with Crippen LogP contribution in [0.5, 0.6) is 0 Å². The van der Waals surface area contributed by atoms with E-state index in [2.05, 4.69) is 10.6 Å². The second-order valence-electron chi connectivity index (χ2n) is 4.63. The van der Waals surface area contributed by atoms with Gasteiger partial charge in [-0.1, -0.05) is 13.8 Å². The van der Waals surface area contributed by atoms with Crippen LogP contribution in [0.2, 0.25) is 0 Å². The number of amides is 3. The van der Waals surface area contributed by atoms with E-state index >= 15 is 0 Å². The molecule has 0 aliphatic heterocycles. The lowest BCUT2D eigenvalue weighted by Crippen LogP contribution is -2.45. The first-order valence-corrected chi connectivity index (χ1v) is 6.27. The molecule has 0 spiro atoms. The Morgan fingerprint density at radius 1 is 1.21 bits per heavy atom. The van der Waals surface area contributed by atoms with Crippen molar-refractivity contribution in [3.8, 4) is 0 Å². The summed E-state index contributed by atoms with van der Waals surface area (Å²) in [6, 6.07) is -0.525. The molecule has 0 saturated carbocycles. The van der Waals surface area contributed by atoms with Crippen LogP contribution >= 0.6 is 0 Å². The molecule has 3 amide bonds. The van der Waals surface area contributed by atoms with E-state index in [9.17, 15) is 14.4 Å². The number of urea groups is 1. The zero-order valence-electron chi connectivity index (χ0n) is 12.0. The first kappa shape index (κ1) is 17.4. The average molecular weight is 273 g/mol. The molecule has 0 aromatic rings. The second-order valence-corrected chi connectivity index (χ2v) is 4.63. The van der Waals surface area contributed by atoms with Gasteiger partial charge in [-0.3, -0.25) is 19.8 Å². The summed E-state index contributed by atoms with van der Waals surface area (Å²) in [5.41, 5.74) is 0. The van der Waals surface area contributed by atoms with Crippen molar-refractivity contribution in [2.75, 3.05) is 33.3 Å². The summed E-state index contributed by atoms with van der Waals surface area (Å²) in [4.78, 5) is 35.4. The highest BCUT2D eigenvalue weighted by Gasteiger charge is 2.13. The van der Waals surface area contributed by atoms with Gasteiger partial charge in [-0.25, -0.2) is 4.79 Å². The zero-order valence-corrected chi connectivity index (χ0v) is 12.0. The molecular formula is C12H23N3O4. The van der Waals surface area contributed by atoms with Gasteiger partial charge < -0.3 is 10.1 Å². The average Bonchev–Trinajstić information content (AvgIpc) is 2.25. The number of rotatable bonds is 7. The lowest BCUT2D eigenvalue weighted by Gasteiger charge is -2.15. The fraction of sp³-hybridized carbons (Fsp3) is 0.750. The highest BCUT2D eigenvalue weighted by Crippen LogP contribution is 1.88. The number of likely N-dealkylation sites (N-methyl/N-ethyl adjacent to an activating group) is 1. The third-order valence-electron chi connectivity index (χ3n) is 2.04. The number of ether oxygens (including phenoxy) is 1. The topological polar surface area (TPSA) is 87.7 Å². The number of esters is 1. The zero-order chi connectivity index (χ0) is 14.8. The van der Waals surface area contributed by atoms with Crippen LogP contribution in [-0.2, 0) is 14.3 Å². The fourth-order valence-corrected chi connectivity index (χ4v) is 1.24. The van der Waals surface area contributed by atoms with E-state index in [1.54, 1.807) is 14.0 Å². The standard InChI is InChI=1S/C12H23N3O4/c1-5-19-11(17)8-15(4)7-10(16)14-12(18)13-6-9(2)3/h9H,5-8H2,1-4H3,(H2,13,14,16,18). The molecule has 7 nitrogen and oxygen atoms in total. The van der Waals surface area contributed by atoms with E-state index < -0.39 is 17.9 Å². The summed E-state index contributed by atoms with van der Waals surface area (Å²) >= 11 is 0. The molecule has 0 radical (unpaired) electrons. The van der Waals surface area contributed by atoms with Crippen LogP contribution in [0.25, 0.3) is 0 Å². The van der Waals surface area contributed by atoms with Crippen molar-refractivity contribution in [3.63, 3.8) is 0 Å². The smallest absolute Gasteiger partial charge is 0.321 e. The molecule has 2 N–H and O–H groups in total. The van der Waals surface area contributed by atoms with Crippen molar-refractivity contribution < 1.29 is 19.1 Å². The number of carbonyl (C=O) groups excluding carboxylic acids is 3. The largest absolute Gasteiger partial charge is 0.465 e. The van der Waals surface area contributed by atoms with Crippen LogP contribution < -0.4 is 10.6 Å².